The third-order valence-electron chi connectivity index (χ3n) is 4.84. The van der Waals surface area contributed by atoms with Gasteiger partial charge in [0.2, 0.25) is 0 Å². The number of allylic oxidation sites excluding steroid dienone is 1. The summed E-state index contributed by atoms with van der Waals surface area (Å²) >= 11 is 12.8. The lowest BCUT2D eigenvalue weighted by molar-refractivity contribution is 0.300. The van der Waals surface area contributed by atoms with Crippen LogP contribution in [0.25, 0.3) is 22.4 Å². The van der Waals surface area contributed by atoms with Gasteiger partial charge in [0.25, 0.3) is 0 Å². The van der Waals surface area contributed by atoms with Gasteiger partial charge in [0.1, 0.15) is 12.4 Å². The van der Waals surface area contributed by atoms with Crippen molar-refractivity contribution in [1.82, 2.24) is 0 Å². The van der Waals surface area contributed by atoms with E-state index in [2.05, 4.69) is 6.07 Å². The molecule has 0 spiro atoms. The number of rotatable bonds is 5. The number of halogens is 3. The van der Waals surface area contributed by atoms with Crippen LogP contribution in [-0.2, 0) is 6.61 Å². The highest BCUT2D eigenvalue weighted by Crippen LogP contribution is 2.36. The molecule has 0 radical (unpaired) electrons. The number of hydrogen-bond donors (Lipinski definition) is 0. The average molecular weight is 448 g/mol. The molecule has 5 heteroatoms. The predicted molar refractivity (Wildman–Crippen MR) is 125 cm³/mol. The van der Waals surface area contributed by atoms with Gasteiger partial charge < -0.3 is 4.74 Å². The van der Waals surface area contributed by atoms with Crippen LogP contribution in [0.1, 0.15) is 16.7 Å². The second-order valence-corrected chi connectivity index (χ2v) is 7.74. The van der Waals surface area contributed by atoms with Gasteiger partial charge in [-0.1, -0.05) is 77.8 Å². The van der Waals surface area contributed by atoms with Crippen molar-refractivity contribution in [3.8, 4) is 11.8 Å². The summed E-state index contributed by atoms with van der Waals surface area (Å²) < 4.78 is 19.5. The molecule has 0 amide bonds. The highest BCUT2D eigenvalue weighted by atomic mass is 35.5. The fourth-order valence-electron chi connectivity index (χ4n) is 3.27. The Morgan fingerprint density at radius 2 is 1.58 bits per heavy atom. The Kier molecular flexibility index (Phi) is 6.23. The summed E-state index contributed by atoms with van der Waals surface area (Å²) in [5.41, 5.74) is 2.35. The molecule has 0 heterocycles. The van der Waals surface area contributed by atoms with Crippen molar-refractivity contribution in [2.24, 2.45) is 0 Å². The monoisotopic (exact) mass is 447 g/mol. The number of ether oxygens (including phenoxy) is 1. The van der Waals surface area contributed by atoms with Crippen LogP contribution in [0.4, 0.5) is 4.39 Å². The molecular weight excluding hydrogens is 432 g/mol. The van der Waals surface area contributed by atoms with E-state index in [4.69, 9.17) is 27.9 Å². The molecule has 0 N–H and O–H groups in total. The fraction of sp³-hybridized carbons (Fsp3) is 0.0385. The van der Waals surface area contributed by atoms with Gasteiger partial charge >= 0.3 is 0 Å². The van der Waals surface area contributed by atoms with Crippen molar-refractivity contribution >= 4 is 45.6 Å². The predicted octanol–water partition coefficient (Wildman–Crippen LogP) is 7.93. The maximum atomic E-state index is 13.8. The summed E-state index contributed by atoms with van der Waals surface area (Å²) in [6.07, 6.45) is 1.72. The Balaban J connectivity index is 1.62. The van der Waals surface area contributed by atoms with E-state index in [0.29, 0.717) is 16.7 Å². The van der Waals surface area contributed by atoms with Gasteiger partial charge in [-0.05, 0) is 52.2 Å². The Hall–Kier alpha value is -3.32. The molecule has 0 aromatic heterocycles. The molecule has 4 aromatic carbocycles. The van der Waals surface area contributed by atoms with Crippen LogP contribution in [0.2, 0.25) is 10.0 Å². The first kappa shape index (κ1) is 20.9. The normalized spacial score (nSPS) is 11.4. The summed E-state index contributed by atoms with van der Waals surface area (Å²) in [6, 6.07) is 25.7. The van der Waals surface area contributed by atoms with Crippen LogP contribution in [0.15, 0.2) is 78.9 Å². The second kappa shape index (κ2) is 9.22. The Morgan fingerprint density at radius 3 is 2.29 bits per heavy atom. The van der Waals surface area contributed by atoms with Gasteiger partial charge in [0.15, 0.2) is 5.75 Å². The van der Waals surface area contributed by atoms with Gasteiger partial charge in [0.05, 0.1) is 21.7 Å². The van der Waals surface area contributed by atoms with Crippen molar-refractivity contribution in [2.45, 2.75) is 6.61 Å². The zero-order valence-corrected chi connectivity index (χ0v) is 17.8. The van der Waals surface area contributed by atoms with E-state index in [-0.39, 0.29) is 28.2 Å². The van der Waals surface area contributed by atoms with E-state index in [0.717, 1.165) is 16.3 Å². The van der Waals surface area contributed by atoms with Crippen LogP contribution >= 0.6 is 23.2 Å². The molecule has 0 atom stereocenters. The van der Waals surface area contributed by atoms with Gasteiger partial charge in [-0.15, -0.1) is 0 Å². The van der Waals surface area contributed by atoms with Crippen LogP contribution in [-0.4, -0.2) is 0 Å². The topological polar surface area (TPSA) is 33.0 Å². The van der Waals surface area contributed by atoms with Gasteiger partial charge in [0, 0.05) is 5.56 Å². The molecule has 0 aliphatic heterocycles. The van der Waals surface area contributed by atoms with Crippen LogP contribution in [0.3, 0.4) is 0 Å². The van der Waals surface area contributed by atoms with E-state index >= 15 is 0 Å². The van der Waals surface area contributed by atoms with Gasteiger partial charge in [-0.3, -0.25) is 0 Å². The lowest BCUT2D eigenvalue weighted by Crippen LogP contribution is -1.99. The molecule has 0 fully saturated rings. The molecule has 152 valence electrons. The summed E-state index contributed by atoms with van der Waals surface area (Å²) in [4.78, 5) is 0. The van der Waals surface area contributed by atoms with E-state index in [1.54, 1.807) is 36.4 Å². The fourth-order valence-corrected chi connectivity index (χ4v) is 3.88. The molecule has 0 aliphatic carbocycles. The third-order valence-corrected chi connectivity index (χ3v) is 5.40. The first-order chi connectivity index (χ1) is 15.0. The quantitative estimate of drug-likeness (QED) is 0.229. The lowest BCUT2D eigenvalue weighted by atomic mass is 10.00. The van der Waals surface area contributed by atoms with Crippen LogP contribution in [0, 0.1) is 17.1 Å². The number of hydrogen-bond acceptors (Lipinski definition) is 2. The minimum atomic E-state index is -0.358. The first-order valence-corrected chi connectivity index (χ1v) is 10.3. The van der Waals surface area contributed by atoms with Crippen molar-refractivity contribution in [3.63, 3.8) is 0 Å². The standard InChI is InChI=1S/C26H16Cl2FNO/c27-23-12-17(13-24(28)26(23)31-16-21-7-3-4-8-25(21)29)11-22(15-30)20-10-9-18-5-1-2-6-19(18)14-20/h1-14H,16H2/b22-11-. The minimum absolute atomic E-state index is 0.00182. The first-order valence-electron chi connectivity index (χ1n) is 9.51. The smallest absolute Gasteiger partial charge is 0.157 e. The van der Waals surface area contributed by atoms with Crippen LogP contribution in [0.5, 0.6) is 5.75 Å². The highest BCUT2D eigenvalue weighted by molar-refractivity contribution is 6.37. The molecular formula is C26H16Cl2FNO. The molecule has 31 heavy (non-hydrogen) atoms. The number of nitrogens with zero attached hydrogens (tertiary/aromatic N) is 1. The van der Waals surface area contributed by atoms with E-state index in [9.17, 15) is 9.65 Å². The molecule has 0 bridgehead atoms. The average Bonchev–Trinajstić information content (AvgIpc) is 2.77. The molecule has 0 saturated carbocycles. The lowest BCUT2D eigenvalue weighted by Gasteiger charge is -2.12. The molecule has 4 rings (SSSR count). The van der Waals surface area contributed by atoms with Gasteiger partial charge in [-0.25, -0.2) is 4.39 Å². The number of nitriles is 1. The van der Waals surface area contributed by atoms with Crippen molar-refractivity contribution in [3.05, 3.63) is 111 Å². The summed E-state index contributed by atoms with van der Waals surface area (Å²) in [6.45, 7) is 0.00182. The summed E-state index contributed by atoms with van der Waals surface area (Å²) in [5, 5.41) is 12.4. The van der Waals surface area contributed by atoms with Crippen molar-refractivity contribution < 1.29 is 9.13 Å². The largest absolute Gasteiger partial charge is 0.486 e. The van der Waals surface area contributed by atoms with E-state index in [1.165, 1.54) is 6.07 Å². The Bertz CT molecular complexity index is 1320. The molecule has 4 aromatic rings. The van der Waals surface area contributed by atoms with Crippen molar-refractivity contribution in [1.29, 1.82) is 5.26 Å². The Labute approximate surface area is 189 Å². The minimum Gasteiger partial charge on any atom is -0.486 e. The maximum absolute atomic E-state index is 13.8. The molecule has 0 unspecified atom stereocenters. The molecule has 0 saturated heterocycles. The summed E-state index contributed by atoms with van der Waals surface area (Å²) in [7, 11) is 0. The zero-order valence-electron chi connectivity index (χ0n) is 16.3. The second-order valence-electron chi connectivity index (χ2n) is 6.93. The third kappa shape index (κ3) is 4.72. The summed E-state index contributed by atoms with van der Waals surface area (Å²) in [5.74, 6) is -0.0868. The number of fused-ring (bicyclic) bond motifs is 1. The SMILES string of the molecule is N#C/C(=C/c1cc(Cl)c(OCc2ccccc2F)c(Cl)c1)c1ccc2ccccc2c1. The zero-order chi connectivity index (χ0) is 21.8. The van der Waals surface area contributed by atoms with E-state index < -0.39 is 0 Å². The molecule has 2 nitrogen and oxygen atoms in total. The van der Waals surface area contributed by atoms with E-state index in [1.807, 2.05) is 42.5 Å². The maximum Gasteiger partial charge on any atom is 0.157 e. The van der Waals surface area contributed by atoms with Gasteiger partial charge in [-0.2, -0.15) is 5.26 Å². The molecule has 0 aliphatic rings. The number of benzene rings is 4. The van der Waals surface area contributed by atoms with Crippen LogP contribution < -0.4 is 4.74 Å². The Morgan fingerprint density at radius 1 is 0.903 bits per heavy atom. The highest BCUT2D eigenvalue weighted by Gasteiger charge is 2.12. The van der Waals surface area contributed by atoms with Crippen molar-refractivity contribution in [2.75, 3.05) is 0 Å².